The summed E-state index contributed by atoms with van der Waals surface area (Å²) in [6, 6.07) is 59.2. The number of carbonyl (C=O) groups excluding carboxylic acids is 1. The number of allylic oxidation sites excluding steroid dienone is 2. The van der Waals surface area contributed by atoms with Crippen molar-refractivity contribution in [2.24, 2.45) is 4.90 Å². The molecule has 13 rings (SSSR count). The monoisotopic (exact) mass is 796 g/mol. The molecule has 3 aliphatic rings. The summed E-state index contributed by atoms with van der Waals surface area (Å²) in [7, 11) is 1.48. The first kappa shape index (κ1) is 34.9. The van der Waals surface area contributed by atoms with E-state index in [-0.39, 0.29) is 12.8 Å². The van der Waals surface area contributed by atoms with E-state index in [2.05, 4.69) is 173 Å². The summed E-state index contributed by atoms with van der Waals surface area (Å²) >= 11 is 0. The molecule has 0 fully saturated rings. The largest absolute Gasteiger partial charge is 0.428 e. The van der Waals surface area contributed by atoms with Gasteiger partial charge >= 0.3 is 14.0 Å². The molecule has 10 aromatic carbocycles. The fraction of sp³-hybridized carbons (Fsp3) is 0.0189. The number of ketones is 1. The summed E-state index contributed by atoms with van der Waals surface area (Å²) < 4.78 is 0. The smallest absolute Gasteiger partial charge is 0.405 e. The van der Waals surface area contributed by atoms with Gasteiger partial charge in [0, 0.05) is 38.6 Å². The van der Waals surface area contributed by atoms with Crippen LogP contribution in [-0.4, -0.2) is 26.9 Å². The maximum absolute atomic E-state index is 15.1. The Balaban J connectivity index is 1.02. The van der Waals surface area contributed by atoms with Gasteiger partial charge in [-0.3, -0.25) is 4.79 Å². The van der Waals surface area contributed by atoms with Crippen LogP contribution in [-0.2, 0) is 14.6 Å². The number of hydrogen-bond donors (Lipinski definition) is 3. The molecule has 0 spiro atoms. The number of rotatable bonds is 5. The molecule has 0 bridgehead atoms. The Bertz CT molecular complexity index is 3810. The van der Waals surface area contributed by atoms with Gasteiger partial charge in [-0.1, -0.05) is 158 Å². The molecule has 0 saturated heterocycles. The van der Waals surface area contributed by atoms with Gasteiger partial charge in [-0.15, -0.1) is 0 Å². The lowest BCUT2D eigenvalue weighted by molar-refractivity contribution is -0.232. The van der Waals surface area contributed by atoms with Crippen molar-refractivity contribution in [2.75, 3.05) is 22.8 Å². The van der Waals surface area contributed by atoms with E-state index >= 15 is 4.79 Å². The van der Waals surface area contributed by atoms with Gasteiger partial charge in [-0.2, -0.15) is 4.89 Å². The zero-order valence-electron chi connectivity index (χ0n) is 33.5. The maximum atomic E-state index is 15.1. The highest BCUT2D eigenvalue weighted by Crippen LogP contribution is 2.46. The first-order valence-electron chi connectivity index (χ1n) is 20.9. The van der Waals surface area contributed by atoms with Crippen LogP contribution < -0.4 is 37.2 Å². The number of fused-ring (bicyclic) bond motifs is 6. The average Bonchev–Trinajstić information content (AvgIpc) is 3.32. The summed E-state index contributed by atoms with van der Waals surface area (Å²) in [6.07, 6.45) is 0. The Labute approximate surface area is 356 Å². The van der Waals surface area contributed by atoms with Crippen molar-refractivity contribution in [2.45, 2.75) is 0 Å². The molecule has 2 aliphatic heterocycles. The van der Waals surface area contributed by atoms with Crippen LogP contribution in [0.1, 0.15) is 5.56 Å². The number of nitrogens with zero attached hydrogens (tertiary/aromatic N) is 1. The lowest BCUT2D eigenvalue weighted by atomic mass is 9.63. The summed E-state index contributed by atoms with van der Waals surface area (Å²) in [4.78, 5) is 32.1. The highest BCUT2D eigenvalue weighted by molar-refractivity contribution is 6.82. The van der Waals surface area contributed by atoms with Gasteiger partial charge in [0.2, 0.25) is 5.78 Å². The lowest BCUT2D eigenvalue weighted by Crippen LogP contribution is -2.48. The van der Waals surface area contributed by atoms with E-state index < -0.39 is 6.98 Å². The molecular weight excluding hydrogens is 762 g/mol. The SMILES string of the molecule is COOC1=C(c2ccc3cccc4c3c2NB(c2cc3ccccc3c3ccccc23)N4)C(=O)/C1=c1\ccc2cccc3c2c1=NB(c1cc2ccccc2c2ccccc12)N3. The Kier molecular flexibility index (Phi) is 7.50. The van der Waals surface area contributed by atoms with Crippen molar-refractivity contribution >= 4 is 124 Å². The zero-order chi connectivity index (χ0) is 41.1. The van der Waals surface area contributed by atoms with E-state index in [0.717, 1.165) is 82.0 Å². The van der Waals surface area contributed by atoms with Crippen LogP contribution in [0, 0.1) is 0 Å². The Morgan fingerprint density at radius 2 is 1.06 bits per heavy atom. The van der Waals surface area contributed by atoms with Crippen molar-refractivity contribution in [1.82, 2.24) is 0 Å². The van der Waals surface area contributed by atoms with Crippen LogP contribution in [0.25, 0.3) is 75.8 Å². The molecule has 10 aromatic rings. The third kappa shape index (κ3) is 5.00. The standard InChI is InChI=1S/C53H34B2N4O3/c1-61-62-53-48(40-26-24-30-14-10-22-44-46(30)50(40)58-54(56-44)42-28-32-12-2-4-16-34(32)36-18-6-8-20-38(36)42)52(60)49(53)41-27-25-31-15-11-23-45-47(31)51(41)59-55(57-45)43-29-33-13-3-5-17-35(33)37-19-7-9-21-39(37)43/h2-29,56-58H,1H3/b49-41-. The first-order valence-corrected chi connectivity index (χ1v) is 20.9. The van der Waals surface area contributed by atoms with E-state index in [1.54, 1.807) is 0 Å². The predicted octanol–water partition coefficient (Wildman–Crippen LogP) is 9.00. The lowest BCUT2D eigenvalue weighted by Gasteiger charge is -2.32. The van der Waals surface area contributed by atoms with E-state index in [9.17, 15) is 0 Å². The van der Waals surface area contributed by atoms with E-state index in [0.29, 0.717) is 22.1 Å². The Morgan fingerprint density at radius 1 is 0.500 bits per heavy atom. The first-order chi connectivity index (χ1) is 30.6. The van der Waals surface area contributed by atoms with Gasteiger partial charge < -0.3 is 25.5 Å². The molecule has 290 valence electrons. The number of Topliss-reactive ketones (excluding diaryl/α,β-unsaturated/α-hetero) is 1. The van der Waals surface area contributed by atoms with Gasteiger partial charge in [-0.25, -0.2) is 0 Å². The summed E-state index contributed by atoms with van der Waals surface area (Å²) in [5.41, 5.74) is 6.61. The molecule has 3 N–H and O–H groups in total. The molecule has 0 unspecified atom stereocenters. The van der Waals surface area contributed by atoms with E-state index in [1.165, 1.54) is 28.7 Å². The average molecular weight is 797 g/mol. The minimum Gasteiger partial charge on any atom is -0.405 e. The molecule has 0 amide bonds. The highest BCUT2D eigenvalue weighted by atomic mass is 17.2. The van der Waals surface area contributed by atoms with Crippen molar-refractivity contribution in [3.05, 3.63) is 192 Å². The molecule has 62 heavy (non-hydrogen) atoms. The van der Waals surface area contributed by atoms with Gasteiger partial charge in [0.05, 0.1) is 23.6 Å². The fourth-order valence-corrected chi connectivity index (χ4v) is 10.3. The van der Waals surface area contributed by atoms with Gasteiger partial charge in [0.1, 0.15) is 0 Å². The van der Waals surface area contributed by atoms with E-state index in [4.69, 9.17) is 14.7 Å². The van der Waals surface area contributed by atoms with Crippen molar-refractivity contribution < 1.29 is 14.6 Å². The molecule has 0 atom stereocenters. The molecule has 0 radical (unpaired) electrons. The topological polar surface area (TPSA) is 84.0 Å². The molecule has 0 saturated carbocycles. The van der Waals surface area contributed by atoms with Crippen LogP contribution in [0.2, 0.25) is 0 Å². The Hall–Kier alpha value is -7.87. The number of nitrogens with one attached hydrogen (secondary N) is 3. The summed E-state index contributed by atoms with van der Waals surface area (Å²) in [5, 5.41) is 26.3. The number of hydrogen-bond acceptors (Lipinski definition) is 7. The van der Waals surface area contributed by atoms with Crippen molar-refractivity contribution in [3.8, 4) is 0 Å². The number of carbonyl (C=O) groups is 1. The fourth-order valence-electron chi connectivity index (χ4n) is 10.3. The third-order valence-corrected chi connectivity index (χ3v) is 13.0. The minimum absolute atomic E-state index is 0.132. The van der Waals surface area contributed by atoms with Crippen LogP contribution >= 0.6 is 0 Å². The predicted molar refractivity (Wildman–Crippen MR) is 257 cm³/mol. The maximum Gasteiger partial charge on any atom is 0.428 e. The zero-order valence-corrected chi connectivity index (χ0v) is 33.5. The Morgan fingerprint density at radius 3 is 1.76 bits per heavy atom. The highest BCUT2D eigenvalue weighted by Gasteiger charge is 2.42. The molecular formula is C53H34B2N4O3. The molecule has 0 aromatic heterocycles. The molecule has 1 aliphatic carbocycles. The number of benzene rings is 10. The summed E-state index contributed by atoms with van der Waals surface area (Å²) in [5.74, 6) is 0.251. The van der Waals surface area contributed by atoms with Crippen molar-refractivity contribution in [1.29, 1.82) is 0 Å². The van der Waals surface area contributed by atoms with Crippen LogP contribution in [0.3, 0.4) is 0 Å². The molecule has 9 heteroatoms. The van der Waals surface area contributed by atoms with Gasteiger partial charge in [0.25, 0.3) is 0 Å². The quantitative estimate of drug-likeness (QED) is 0.0699. The molecule has 2 heterocycles. The van der Waals surface area contributed by atoms with E-state index in [1.807, 2.05) is 12.1 Å². The second-order valence-electron chi connectivity index (χ2n) is 16.3. The van der Waals surface area contributed by atoms with Crippen LogP contribution in [0.4, 0.5) is 17.1 Å². The summed E-state index contributed by atoms with van der Waals surface area (Å²) in [6.45, 7) is -0.717. The van der Waals surface area contributed by atoms with Crippen molar-refractivity contribution in [3.63, 3.8) is 0 Å². The van der Waals surface area contributed by atoms with Gasteiger partial charge in [0.15, 0.2) is 5.76 Å². The normalized spacial score (nSPS) is 15.2. The second-order valence-corrected chi connectivity index (χ2v) is 16.3. The second kappa shape index (κ2) is 13.3. The molecule has 7 nitrogen and oxygen atoms in total. The van der Waals surface area contributed by atoms with Gasteiger partial charge in [-0.05, 0) is 76.9 Å². The minimum atomic E-state index is -0.419. The third-order valence-electron chi connectivity index (χ3n) is 13.0. The number of anilines is 3. The van der Waals surface area contributed by atoms with Crippen LogP contribution in [0.5, 0.6) is 0 Å². The van der Waals surface area contributed by atoms with Crippen LogP contribution in [0.15, 0.2) is 181 Å².